The second kappa shape index (κ2) is 6.46. The first-order valence-electron chi connectivity index (χ1n) is 6.76. The Morgan fingerprint density at radius 2 is 2.00 bits per heavy atom. The van der Waals surface area contributed by atoms with Gasteiger partial charge in [-0.2, -0.15) is 0 Å². The second-order valence-electron chi connectivity index (χ2n) is 5.02. The van der Waals surface area contributed by atoms with Crippen LogP contribution in [0.3, 0.4) is 0 Å². The molecule has 0 radical (unpaired) electrons. The van der Waals surface area contributed by atoms with Gasteiger partial charge in [0.1, 0.15) is 0 Å². The molecule has 0 amide bonds. The summed E-state index contributed by atoms with van der Waals surface area (Å²) in [6.45, 7) is 2.97. The Morgan fingerprint density at radius 3 is 2.65 bits per heavy atom. The van der Waals surface area contributed by atoms with Gasteiger partial charge in [-0.1, -0.05) is 31.4 Å². The summed E-state index contributed by atoms with van der Waals surface area (Å²) in [6.07, 6.45) is 8.06. The van der Waals surface area contributed by atoms with Crippen LogP contribution in [-0.4, -0.2) is 11.8 Å². The van der Waals surface area contributed by atoms with Crippen LogP contribution in [0.1, 0.15) is 43.2 Å². The standard InChI is InChI=1S/C15H23NS/c1-12-11-13(9-10-16)7-8-15(12)17-14-5-3-2-4-6-14/h7-8,11,14H,2-6,9-10,16H2,1H3. The molecular weight excluding hydrogens is 226 g/mol. The Labute approximate surface area is 109 Å². The molecule has 0 heterocycles. The van der Waals surface area contributed by atoms with Crippen LogP contribution in [0.25, 0.3) is 0 Å². The van der Waals surface area contributed by atoms with Gasteiger partial charge in [-0.05, 0) is 49.9 Å². The van der Waals surface area contributed by atoms with E-state index in [-0.39, 0.29) is 0 Å². The van der Waals surface area contributed by atoms with Crippen LogP contribution in [0.5, 0.6) is 0 Å². The number of thioether (sulfide) groups is 1. The van der Waals surface area contributed by atoms with Crippen LogP contribution in [0.4, 0.5) is 0 Å². The van der Waals surface area contributed by atoms with Gasteiger partial charge in [0.25, 0.3) is 0 Å². The maximum Gasteiger partial charge on any atom is 0.0104 e. The lowest BCUT2D eigenvalue weighted by molar-refractivity contribution is 0.516. The van der Waals surface area contributed by atoms with E-state index in [1.165, 1.54) is 48.1 Å². The van der Waals surface area contributed by atoms with Crippen LogP contribution >= 0.6 is 11.8 Å². The highest BCUT2D eigenvalue weighted by atomic mass is 32.2. The first-order chi connectivity index (χ1) is 8.29. The minimum Gasteiger partial charge on any atom is -0.330 e. The van der Waals surface area contributed by atoms with Crippen LogP contribution in [0, 0.1) is 6.92 Å². The summed E-state index contributed by atoms with van der Waals surface area (Å²) >= 11 is 2.09. The van der Waals surface area contributed by atoms with E-state index in [2.05, 4.69) is 36.9 Å². The van der Waals surface area contributed by atoms with Crippen LogP contribution in [0.2, 0.25) is 0 Å². The molecular formula is C15H23NS. The molecule has 17 heavy (non-hydrogen) atoms. The molecule has 2 N–H and O–H groups in total. The zero-order valence-corrected chi connectivity index (χ0v) is 11.6. The highest BCUT2D eigenvalue weighted by molar-refractivity contribution is 8.00. The Morgan fingerprint density at radius 1 is 1.24 bits per heavy atom. The molecule has 2 heteroatoms. The van der Waals surface area contributed by atoms with Crippen molar-refractivity contribution in [1.29, 1.82) is 0 Å². The van der Waals surface area contributed by atoms with Gasteiger partial charge in [0.15, 0.2) is 0 Å². The summed E-state index contributed by atoms with van der Waals surface area (Å²) in [7, 11) is 0. The van der Waals surface area contributed by atoms with E-state index in [4.69, 9.17) is 5.73 Å². The molecule has 0 bridgehead atoms. The lowest BCUT2D eigenvalue weighted by Crippen LogP contribution is -2.08. The molecule has 1 aliphatic rings. The van der Waals surface area contributed by atoms with E-state index in [9.17, 15) is 0 Å². The Kier molecular flexibility index (Phi) is 4.93. The number of aryl methyl sites for hydroxylation is 1. The quantitative estimate of drug-likeness (QED) is 0.875. The van der Waals surface area contributed by atoms with E-state index in [1.54, 1.807) is 0 Å². The van der Waals surface area contributed by atoms with E-state index < -0.39 is 0 Å². The Balaban J connectivity index is 2.00. The van der Waals surface area contributed by atoms with Crippen molar-refractivity contribution in [2.75, 3.05) is 6.54 Å². The largest absolute Gasteiger partial charge is 0.330 e. The van der Waals surface area contributed by atoms with Crippen LogP contribution in [-0.2, 0) is 6.42 Å². The SMILES string of the molecule is Cc1cc(CCN)ccc1SC1CCCCC1. The van der Waals surface area contributed by atoms with E-state index in [0.717, 1.165) is 18.2 Å². The summed E-state index contributed by atoms with van der Waals surface area (Å²) in [4.78, 5) is 1.47. The molecule has 2 rings (SSSR count). The summed E-state index contributed by atoms with van der Waals surface area (Å²) < 4.78 is 0. The zero-order chi connectivity index (χ0) is 12.1. The average Bonchev–Trinajstić information content (AvgIpc) is 2.34. The van der Waals surface area contributed by atoms with Gasteiger partial charge >= 0.3 is 0 Å². The third-order valence-electron chi connectivity index (χ3n) is 3.52. The molecule has 1 nitrogen and oxygen atoms in total. The number of benzene rings is 1. The number of hydrogen-bond donors (Lipinski definition) is 1. The molecule has 0 saturated heterocycles. The van der Waals surface area contributed by atoms with E-state index >= 15 is 0 Å². The zero-order valence-electron chi connectivity index (χ0n) is 10.7. The third kappa shape index (κ3) is 3.75. The van der Waals surface area contributed by atoms with Crippen molar-refractivity contribution in [2.24, 2.45) is 5.73 Å². The summed E-state index contributed by atoms with van der Waals surface area (Å²) in [5.74, 6) is 0. The molecule has 1 aliphatic carbocycles. The molecule has 0 aromatic heterocycles. The van der Waals surface area contributed by atoms with Gasteiger partial charge in [0, 0.05) is 10.1 Å². The van der Waals surface area contributed by atoms with Gasteiger partial charge in [-0.3, -0.25) is 0 Å². The van der Waals surface area contributed by atoms with Gasteiger partial charge in [0.2, 0.25) is 0 Å². The molecule has 1 aromatic rings. The average molecular weight is 249 g/mol. The molecule has 0 spiro atoms. The minimum atomic E-state index is 0.745. The summed E-state index contributed by atoms with van der Waals surface area (Å²) in [6, 6.07) is 6.84. The van der Waals surface area contributed by atoms with Crippen molar-refractivity contribution >= 4 is 11.8 Å². The first kappa shape index (κ1) is 13.0. The van der Waals surface area contributed by atoms with E-state index in [1.807, 2.05) is 0 Å². The fraction of sp³-hybridized carbons (Fsp3) is 0.600. The third-order valence-corrected chi connectivity index (χ3v) is 5.03. The highest BCUT2D eigenvalue weighted by Crippen LogP contribution is 2.35. The second-order valence-corrected chi connectivity index (χ2v) is 6.36. The van der Waals surface area contributed by atoms with Crippen LogP contribution in [0.15, 0.2) is 23.1 Å². The van der Waals surface area contributed by atoms with Crippen molar-refractivity contribution < 1.29 is 0 Å². The van der Waals surface area contributed by atoms with Crippen LogP contribution < -0.4 is 5.73 Å². The first-order valence-corrected chi connectivity index (χ1v) is 7.64. The number of hydrogen-bond acceptors (Lipinski definition) is 2. The highest BCUT2D eigenvalue weighted by Gasteiger charge is 2.15. The van der Waals surface area contributed by atoms with Crippen molar-refractivity contribution in [1.82, 2.24) is 0 Å². The number of nitrogens with two attached hydrogens (primary N) is 1. The van der Waals surface area contributed by atoms with E-state index in [0.29, 0.717) is 0 Å². The number of rotatable bonds is 4. The van der Waals surface area contributed by atoms with Gasteiger partial charge in [0.05, 0.1) is 0 Å². The van der Waals surface area contributed by atoms with Crippen molar-refractivity contribution in [2.45, 2.75) is 55.6 Å². The molecule has 0 aliphatic heterocycles. The Hall–Kier alpha value is -0.470. The monoisotopic (exact) mass is 249 g/mol. The van der Waals surface area contributed by atoms with Gasteiger partial charge in [-0.15, -0.1) is 11.8 Å². The van der Waals surface area contributed by atoms with Gasteiger partial charge < -0.3 is 5.73 Å². The maximum atomic E-state index is 5.59. The summed E-state index contributed by atoms with van der Waals surface area (Å²) in [5, 5.41) is 0.850. The van der Waals surface area contributed by atoms with Crippen molar-refractivity contribution in [3.8, 4) is 0 Å². The molecule has 0 atom stereocenters. The molecule has 0 unspecified atom stereocenters. The van der Waals surface area contributed by atoms with Gasteiger partial charge in [-0.25, -0.2) is 0 Å². The topological polar surface area (TPSA) is 26.0 Å². The fourth-order valence-corrected chi connectivity index (χ4v) is 3.85. The lowest BCUT2D eigenvalue weighted by atomic mass is 10.0. The minimum absolute atomic E-state index is 0.745. The van der Waals surface area contributed by atoms with Crippen molar-refractivity contribution in [3.05, 3.63) is 29.3 Å². The maximum absolute atomic E-state index is 5.59. The van der Waals surface area contributed by atoms with Crippen molar-refractivity contribution in [3.63, 3.8) is 0 Å². The molecule has 1 saturated carbocycles. The smallest absolute Gasteiger partial charge is 0.0104 e. The normalized spacial score (nSPS) is 17.3. The molecule has 1 fully saturated rings. The fourth-order valence-electron chi connectivity index (χ4n) is 2.53. The molecule has 1 aromatic carbocycles. The lowest BCUT2D eigenvalue weighted by Gasteiger charge is -2.21. The molecule has 94 valence electrons. The summed E-state index contributed by atoms with van der Waals surface area (Å²) in [5.41, 5.74) is 8.39. The predicted molar refractivity (Wildman–Crippen MR) is 76.7 cm³/mol. The predicted octanol–water partition coefficient (Wildman–Crippen LogP) is 3.92. The Bertz CT molecular complexity index is 356.